The first kappa shape index (κ1) is 16.4. The van der Waals surface area contributed by atoms with Gasteiger partial charge in [0.15, 0.2) is 0 Å². The number of aliphatic hydroxyl groups is 1. The van der Waals surface area contributed by atoms with Gasteiger partial charge in [0.25, 0.3) is 5.91 Å². The maximum atomic E-state index is 14.3. The predicted octanol–water partition coefficient (Wildman–Crippen LogP) is 1.94. The lowest BCUT2D eigenvalue weighted by Gasteiger charge is -2.29. The zero-order chi connectivity index (χ0) is 16.4. The van der Waals surface area contributed by atoms with Crippen molar-refractivity contribution in [3.05, 3.63) is 29.1 Å². The fourth-order valence-corrected chi connectivity index (χ4v) is 2.53. The molecule has 1 aromatic carbocycles. The van der Waals surface area contributed by atoms with Gasteiger partial charge in [-0.05, 0) is 44.9 Å². The summed E-state index contributed by atoms with van der Waals surface area (Å²) in [5.41, 5.74) is 1.16. The molecule has 1 atom stereocenters. The third-order valence-electron chi connectivity index (χ3n) is 3.66. The summed E-state index contributed by atoms with van der Waals surface area (Å²) in [5, 5.41) is 12.1. The highest BCUT2D eigenvalue weighted by atomic mass is 19.1. The van der Waals surface area contributed by atoms with Crippen LogP contribution < -0.4 is 5.32 Å². The minimum absolute atomic E-state index is 0.0238. The molecule has 1 heterocycles. The predicted molar refractivity (Wildman–Crippen MR) is 81.2 cm³/mol. The van der Waals surface area contributed by atoms with Gasteiger partial charge >= 0.3 is 0 Å². The van der Waals surface area contributed by atoms with Gasteiger partial charge in [0, 0.05) is 24.7 Å². The smallest absolute Gasteiger partial charge is 0.257 e. The summed E-state index contributed by atoms with van der Waals surface area (Å²) in [6.07, 6.45) is 0.125. The topological polar surface area (TPSA) is 69.6 Å². The minimum atomic E-state index is -0.689. The highest BCUT2D eigenvalue weighted by Crippen LogP contribution is 2.27. The van der Waals surface area contributed by atoms with E-state index < -0.39 is 17.8 Å². The second-order valence-corrected chi connectivity index (χ2v) is 5.94. The monoisotopic (exact) mass is 308 g/mol. The Kier molecular flexibility index (Phi) is 4.81. The van der Waals surface area contributed by atoms with Gasteiger partial charge in [0.05, 0.1) is 11.7 Å². The molecule has 1 unspecified atom stereocenters. The van der Waals surface area contributed by atoms with E-state index in [2.05, 4.69) is 5.32 Å². The van der Waals surface area contributed by atoms with Gasteiger partial charge in [0.1, 0.15) is 5.82 Å². The molecule has 22 heavy (non-hydrogen) atoms. The van der Waals surface area contributed by atoms with Crippen molar-refractivity contribution in [3.63, 3.8) is 0 Å². The molecule has 0 saturated carbocycles. The van der Waals surface area contributed by atoms with E-state index in [1.807, 2.05) is 13.8 Å². The van der Waals surface area contributed by atoms with Crippen LogP contribution in [0.2, 0.25) is 0 Å². The number of nitrogens with one attached hydrogen (secondary N) is 1. The third-order valence-corrected chi connectivity index (χ3v) is 3.66. The molecule has 2 N–H and O–H groups in total. The van der Waals surface area contributed by atoms with Crippen molar-refractivity contribution in [2.45, 2.75) is 45.8 Å². The zero-order valence-corrected chi connectivity index (χ0v) is 13.0. The molecule has 2 amide bonds. The molecule has 0 spiro atoms. The second-order valence-electron chi connectivity index (χ2n) is 5.94. The van der Waals surface area contributed by atoms with Crippen LogP contribution in [0.3, 0.4) is 0 Å². The molecular formula is C16H21FN2O3. The number of carbonyl (C=O) groups is 2. The van der Waals surface area contributed by atoms with Crippen molar-refractivity contribution < 1.29 is 19.1 Å². The highest BCUT2D eigenvalue weighted by Gasteiger charge is 2.25. The lowest BCUT2D eigenvalue weighted by Crippen LogP contribution is -2.41. The number of rotatable bonds is 4. The number of halogens is 1. The SMILES string of the molecule is CC(O)CN(C(=O)c1cc2c(cc1F)NC(=O)CC2)C(C)C. The standard InChI is InChI=1S/C16H21FN2O3/c1-9(2)19(8-10(3)20)16(22)12-6-11-4-5-15(21)18-14(11)7-13(12)17/h6-7,9-10,20H,4-5,8H2,1-3H3,(H,18,21). The van der Waals surface area contributed by atoms with E-state index in [0.717, 1.165) is 5.56 Å². The molecule has 5 nitrogen and oxygen atoms in total. The molecule has 0 bridgehead atoms. The molecule has 0 fully saturated rings. The van der Waals surface area contributed by atoms with Crippen molar-refractivity contribution in [1.29, 1.82) is 0 Å². The summed E-state index contributed by atoms with van der Waals surface area (Å²) in [7, 11) is 0. The van der Waals surface area contributed by atoms with Crippen LogP contribution in [0.25, 0.3) is 0 Å². The number of fused-ring (bicyclic) bond motifs is 1. The Morgan fingerprint density at radius 1 is 1.36 bits per heavy atom. The quantitative estimate of drug-likeness (QED) is 0.893. The average Bonchev–Trinajstić information content (AvgIpc) is 2.42. The molecule has 1 aliphatic rings. The van der Waals surface area contributed by atoms with E-state index in [0.29, 0.717) is 18.5 Å². The Hall–Kier alpha value is -1.95. The number of hydrogen-bond acceptors (Lipinski definition) is 3. The van der Waals surface area contributed by atoms with E-state index >= 15 is 0 Å². The number of carbonyl (C=O) groups excluding carboxylic acids is 2. The number of aryl methyl sites for hydroxylation is 1. The van der Waals surface area contributed by atoms with Gasteiger partial charge in [0.2, 0.25) is 5.91 Å². The summed E-state index contributed by atoms with van der Waals surface area (Å²) in [4.78, 5) is 25.4. The van der Waals surface area contributed by atoms with Gasteiger partial charge in [-0.3, -0.25) is 9.59 Å². The lowest BCUT2D eigenvalue weighted by molar-refractivity contribution is -0.116. The first-order valence-corrected chi connectivity index (χ1v) is 7.41. The third kappa shape index (κ3) is 3.44. The Balaban J connectivity index is 2.35. The van der Waals surface area contributed by atoms with Crippen LogP contribution in [0.5, 0.6) is 0 Å². The van der Waals surface area contributed by atoms with Crippen molar-refractivity contribution in [3.8, 4) is 0 Å². The van der Waals surface area contributed by atoms with Crippen LogP contribution in [0.15, 0.2) is 12.1 Å². The molecule has 1 aromatic rings. The fourth-order valence-electron chi connectivity index (χ4n) is 2.53. The Morgan fingerprint density at radius 3 is 2.64 bits per heavy atom. The normalized spacial score (nSPS) is 15.3. The van der Waals surface area contributed by atoms with Gasteiger partial charge < -0.3 is 15.3 Å². The largest absolute Gasteiger partial charge is 0.392 e. The molecule has 0 saturated heterocycles. The van der Waals surface area contributed by atoms with Crippen LogP contribution in [-0.2, 0) is 11.2 Å². The van der Waals surface area contributed by atoms with Crippen LogP contribution in [0, 0.1) is 5.82 Å². The number of amides is 2. The van der Waals surface area contributed by atoms with E-state index in [1.54, 1.807) is 6.92 Å². The second kappa shape index (κ2) is 6.44. The number of hydrogen-bond donors (Lipinski definition) is 2. The highest BCUT2D eigenvalue weighted by molar-refractivity contribution is 5.98. The molecular weight excluding hydrogens is 287 g/mol. The first-order valence-electron chi connectivity index (χ1n) is 7.41. The molecule has 1 aliphatic heterocycles. The van der Waals surface area contributed by atoms with Gasteiger partial charge in [-0.1, -0.05) is 0 Å². The maximum absolute atomic E-state index is 14.3. The molecule has 120 valence electrons. The maximum Gasteiger partial charge on any atom is 0.257 e. The summed E-state index contributed by atoms with van der Waals surface area (Å²) in [6.45, 7) is 5.36. The summed E-state index contributed by atoms with van der Waals surface area (Å²) < 4.78 is 14.3. The van der Waals surface area contributed by atoms with Crippen molar-refractivity contribution in [2.75, 3.05) is 11.9 Å². The molecule has 2 rings (SSSR count). The lowest BCUT2D eigenvalue weighted by atomic mass is 9.99. The summed E-state index contributed by atoms with van der Waals surface area (Å²) in [5.74, 6) is -1.26. The number of aliphatic hydroxyl groups excluding tert-OH is 1. The summed E-state index contributed by atoms with van der Waals surface area (Å²) >= 11 is 0. The average molecular weight is 308 g/mol. The van der Waals surface area contributed by atoms with Crippen molar-refractivity contribution in [2.24, 2.45) is 0 Å². The Labute approximate surface area is 129 Å². The van der Waals surface area contributed by atoms with E-state index in [4.69, 9.17) is 0 Å². The van der Waals surface area contributed by atoms with Crippen LogP contribution in [-0.4, -0.2) is 40.5 Å². The van der Waals surface area contributed by atoms with E-state index in [9.17, 15) is 19.1 Å². The Bertz CT molecular complexity index is 599. The van der Waals surface area contributed by atoms with E-state index in [-0.39, 0.29) is 24.1 Å². The van der Waals surface area contributed by atoms with Crippen molar-refractivity contribution >= 4 is 17.5 Å². The number of nitrogens with zero attached hydrogens (tertiary/aromatic N) is 1. The van der Waals surface area contributed by atoms with E-state index in [1.165, 1.54) is 17.0 Å². The summed E-state index contributed by atoms with van der Waals surface area (Å²) in [6, 6.07) is 2.54. The molecule has 0 aromatic heterocycles. The first-order chi connectivity index (χ1) is 10.3. The van der Waals surface area contributed by atoms with Crippen LogP contribution in [0.4, 0.5) is 10.1 Å². The zero-order valence-electron chi connectivity index (χ0n) is 13.0. The van der Waals surface area contributed by atoms with Crippen molar-refractivity contribution in [1.82, 2.24) is 4.90 Å². The molecule has 0 aliphatic carbocycles. The van der Waals surface area contributed by atoms with Gasteiger partial charge in [-0.15, -0.1) is 0 Å². The molecule has 0 radical (unpaired) electrons. The minimum Gasteiger partial charge on any atom is -0.392 e. The van der Waals surface area contributed by atoms with Crippen LogP contribution >= 0.6 is 0 Å². The Morgan fingerprint density at radius 2 is 2.05 bits per heavy atom. The number of anilines is 1. The fraction of sp³-hybridized carbons (Fsp3) is 0.500. The van der Waals surface area contributed by atoms with Gasteiger partial charge in [-0.25, -0.2) is 4.39 Å². The van der Waals surface area contributed by atoms with Gasteiger partial charge in [-0.2, -0.15) is 0 Å². The molecule has 6 heteroatoms. The van der Waals surface area contributed by atoms with Crippen LogP contribution in [0.1, 0.15) is 43.1 Å². The number of benzene rings is 1.